The van der Waals surface area contributed by atoms with Crippen LogP contribution >= 0.6 is 0 Å². The van der Waals surface area contributed by atoms with Crippen LogP contribution in [-0.4, -0.2) is 69.2 Å². The van der Waals surface area contributed by atoms with E-state index < -0.39 is 6.15 Å². The Morgan fingerprint density at radius 1 is 0.483 bits per heavy atom. The number of hydrogen-bond donors (Lipinski definition) is 1. The molecule has 0 spiro atoms. The molecule has 1 N–H and O–H groups in total. The van der Waals surface area contributed by atoms with E-state index in [1.807, 2.05) is 0 Å². The van der Waals surface area contributed by atoms with Crippen molar-refractivity contribution in [2.45, 2.75) is 6.92 Å². The van der Waals surface area contributed by atoms with Gasteiger partial charge in [-0.15, -0.1) is 0 Å². The molecule has 4 rings (SSSR count). The molecule has 0 aliphatic carbocycles. The van der Waals surface area contributed by atoms with Crippen molar-refractivity contribution >= 4 is 79.4 Å². The molecule has 0 amide bonds. The molecule has 3 heteroatoms. The van der Waals surface area contributed by atoms with E-state index in [-0.39, 0.29) is 58.0 Å². The van der Waals surface area contributed by atoms with Gasteiger partial charge in [-0.2, -0.15) is 21.9 Å². The number of aliphatic hydroxyl groups is 1. The van der Waals surface area contributed by atoms with Crippen LogP contribution in [0, 0.1) is 0 Å². The van der Waals surface area contributed by atoms with Crippen molar-refractivity contribution in [2.24, 2.45) is 0 Å². The summed E-state index contributed by atoms with van der Waals surface area (Å²) in [6.45, 7) is 1.93. The predicted molar refractivity (Wildman–Crippen MR) is 130 cm³/mol. The van der Waals surface area contributed by atoms with Gasteiger partial charge in [0.15, 0.2) is 0 Å². The first kappa shape index (κ1) is 23.8. The van der Waals surface area contributed by atoms with E-state index in [4.69, 9.17) is 5.11 Å². The van der Waals surface area contributed by atoms with Gasteiger partial charge in [0.25, 0.3) is 0 Å². The molecule has 0 aliphatic rings. The van der Waals surface area contributed by atoms with Crippen LogP contribution < -0.4 is 21.9 Å². The SMILES string of the molecule is CCO.[KH].c1ccc([B-](c2ccccc2)(c2ccccc2)c2ccccc2)cc1. The summed E-state index contributed by atoms with van der Waals surface area (Å²) in [6.07, 6.45) is -1.22. The normalized spacial score (nSPS) is 10.3. The molecule has 0 aromatic heterocycles. The van der Waals surface area contributed by atoms with Gasteiger partial charge in [0, 0.05) is 6.61 Å². The molecule has 29 heavy (non-hydrogen) atoms. The van der Waals surface area contributed by atoms with E-state index in [0.717, 1.165) is 0 Å². The van der Waals surface area contributed by atoms with Crippen molar-refractivity contribution in [2.75, 3.05) is 6.61 Å². The minimum atomic E-state index is -1.22. The first-order chi connectivity index (χ1) is 13.8. The van der Waals surface area contributed by atoms with Gasteiger partial charge in [-0.25, -0.2) is 0 Å². The summed E-state index contributed by atoms with van der Waals surface area (Å²) in [5, 5.41) is 7.57. The molecule has 1 nitrogen and oxygen atoms in total. The summed E-state index contributed by atoms with van der Waals surface area (Å²) < 4.78 is 0. The number of hydrogen-bond acceptors (Lipinski definition) is 1. The van der Waals surface area contributed by atoms with Crippen LogP contribution in [0.4, 0.5) is 0 Å². The van der Waals surface area contributed by atoms with E-state index in [9.17, 15) is 0 Å². The van der Waals surface area contributed by atoms with Gasteiger partial charge in [0.2, 0.25) is 0 Å². The molecule has 142 valence electrons. The molecular formula is C26H27BKO-. The van der Waals surface area contributed by atoms with Crippen LogP contribution in [0.3, 0.4) is 0 Å². The third-order valence-corrected chi connectivity index (χ3v) is 5.20. The Morgan fingerprint density at radius 3 is 0.828 bits per heavy atom. The summed E-state index contributed by atoms with van der Waals surface area (Å²) in [4.78, 5) is 0. The van der Waals surface area contributed by atoms with Gasteiger partial charge in [0.1, 0.15) is 6.15 Å². The molecule has 0 atom stereocenters. The molecule has 0 unspecified atom stereocenters. The molecule has 0 bridgehead atoms. The van der Waals surface area contributed by atoms with Crippen molar-refractivity contribution in [1.82, 2.24) is 0 Å². The van der Waals surface area contributed by atoms with Crippen LogP contribution in [-0.2, 0) is 0 Å². The Morgan fingerprint density at radius 2 is 0.655 bits per heavy atom. The van der Waals surface area contributed by atoms with E-state index in [0.29, 0.717) is 0 Å². The third-order valence-electron chi connectivity index (χ3n) is 5.20. The number of aliphatic hydroxyl groups excluding tert-OH is 1. The molecule has 4 aromatic carbocycles. The Kier molecular flexibility index (Phi) is 10.1. The molecular weight excluding hydrogens is 378 g/mol. The molecule has 0 aliphatic heterocycles. The first-order valence-electron chi connectivity index (χ1n) is 9.82. The second-order valence-corrected chi connectivity index (χ2v) is 6.82. The van der Waals surface area contributed by atoms with Crippen LogP contribution in [0.15, 0.2) is 121 Å². The van der Waals surface area contributed by atoms with Gasteiger partial charge in [-0.1, -0.05) is 121 Å². The molecule has 0 fully saturated rings. The van der Waals surface area contributed by atoms with Gasteiger partial charge in [-0.05, 0) is 6.92 Å². The topological polar surface area (TPSA) is 20.2 Å². The van der Waals surface area contributed by atoms with Crippen molar-refractivity contribution in [3.05, 3.63) is 121 Å². The Hall–Kier alpha value is -1.46. The quantitative estimate of drug-likeness (QED) is 0.517. The second-order valence-electron chi connectivity index (χ2n) is 6.82. The predicted octanol–water partition coefficient (Wildman–Crippen LogP) is 2.41. The van der Waals surface area contributed by atoms with Crippen molar-refractivity contribution in [3.8, 4) is 0 Å². The van der Waals surface area contributed by atoms with Gasteiger partial charge in [0.05, 0.1) is 0 Å². The largest absolute Gasteiger partial charge is 0.195 e. The maximum atomic E-state index is 7.57. The summed E-state index contributed by atoms with van der Waals surface area (Å²) >= 11 is 0. The van der Waals surface area contributed by atoms with Crippen molar-refractivity contribution in [1.29, 1.82) is 0 Å². The summed E-state index contributed by atoms with van der Waals surface area (Å²) in [5.41, 5.74) is 5.36. The third kappa shape index (κ3) is 5.37. The minimum absolute atomic E-state index is 0. The number of benzene rings is 4. The zero-order valence-electron chi connectivity index (χ0n) is 16.3. The maximum Gasteiger partial charge on any atom is 0.108 e. The Labute approximate surface area is 217 Å². The van der Waals surface area contributed by atoms with E-state index in [1.165, 1.54) is 21.9 Å². The molecule has 4 aromatic rings. The average molecular weight is 405 g/mol. The fraction of sp³-hybridized carbons (Fsp3) is 0.0769. The first-order valence-corrected chi connectivity index (χ1v) is 9.82. The van der Waals surface area contributed by atoms with Crippen molar-refractivity contribution < 1.29 is 5.11 Å². The molecule has 0 saturated heterocycles. The van der Waals surface area contributed by atoms with Crippen LogP contribution in [0.5, 0.6) is 0 Å². The zero-order valence-corrected chi connectivity index (χ0v) is 16.3. The van der Waals surface area contributed by atoms with Crippen LogP contribution in [0.25, 0.3) is 0 Å². The maximum absolute atomic E-state index is 7.57. The van der Waals surface area contributed by atoms with Gasteiger partial charge in [-0.3, -0.25) is 0 Å². The fourth-order valence-corrected chi connectivity index (χ4v) is 4.12. The molecule has 0 radical (unpaired) electrons. The smallest absolute Gasteiger partial charge is 0.108 e. The average Bonchev–Trinajstić information content (AvgIpc) is 2.78. The number of rotatable bonds is 4. The van der Waals surface area contributed by atoms with Gasteiger partial charge >= 0.3 is 51.4 Å². The molecule has 0 saturated carbocycles. The zero-order chi connectivity index (χ0) is 19.7. The summed E-state index contributed by atoms with van der Waals surface area (Å²) in [7, 11) is 0. The van der Waals surface area contributed by atoms with Gasteiger partial charge < -0.3 is 5.11 Å². The standard InChI is InChI=1S/C24H20B.C2H6O.K.H/c1-5-13-21(14-6-1)25(22-15-7-2-8-16-22,23-17-9-3-10-18-23)24-19-11-4-12-20-24;1-2-3;;/h1-20H;3H,2H2,1H3;;/q-1;;;. The Balaban J connectivity index is 0.000000708. The summed E-state index contributed by atoms with van der Waals surface area (Å²) in [6, 6.07) is 43.5. The molecule has 0 heterocycles. The fourth-order valence-electron chi connectivity index (χ4n) is 4.12. The minimum Gasteiger partial charge on any atom is -0.195 e. The second kappa shape index (κ2) is 12.3. The van der Waals surface area contributed by atoms with E-state index in [1.54, 1.807) is 6.92 Å². The van der Waals surface area contributed by atoms with Crippen LogP contribution in [0.2, 0.25) is 0 Å². The van der Waals surface area contributed by atoms with E-state index in [2.05, 4.69) is 121 Å². The van der Waals surface area contributed by atoms with Crippen LogP contribution in [0.1, 0.15) is 6.92 Å². The summed E-state index contributed by atoms with van der Waals surface area (Å²) in [5.74, 6) is 0. The Bertz CT molecular complexity index is 781. The monoisotopic (exact) mass is 405 g/mol. The van der Waals surface area contributed by atoms with E-state index >= 15 is 0 Å². The van der Waals surface area contributed by atoms with Crippen molar-refractivity contribution in [3.63, 3.8) is 0 Å².